The lowest BCUT2D eigenvalue weighted by Gasteiger charge is -2.03. The average Bonchev–Trinajstić information content (AvgIpc) is 2.15. The maximum absolute atomic E-state index is 13.5. The van der Waals surface area contributed by atoms with Gasteiger partial charge >= 0.3 is 0 Å². The molecule has 0 saturated carbocycles. The van der Waals surface area contributed by atoms with Gasteiger partial charge in [0.15, 0.2) is 5.82 Å². The van der Waals surface area contributed by atoms with Crippen molar-refractivity contribution < 1.29 is 4.39 Å². The zero-order chi connectivity index (χ0) is 10.3. The highest BCUT2D eigenvalue weighted by Crippen LogP contribution is 2.26. The molecule has 1 nitrogen and oxygen atoms in total. The second kappa shape index (κ2) is 3.37. The zero-order valence-corrected chi connectivity index (χ0v) is 8.83. The number of pyridine rings is 1. The SMILES string of the molecule is Cc1cc2ccc(Cl)c(F)c2nc1Cl. The first-order valence-corrected chi connectivity index (χ1v) is 4.76. The van der Waals surface area contributed by atoms with Gasteiger partial charge < -0.3 is 0 Å². The third-order valence-electron chi connectivity index (χ3n) is 2.01. The van der Waals surface area contributed by atoms with Crippen LogP contribution in [-0.4, -0.2) is 4.98 Å². The Balaban J connectivity index is 2.89. The summed E-state index contributed by atoms with van der Waals surface area (Å²) in [4.78, 5) is 3.94. The monoisotopic (exact) mass is 229 g/mol. The molecule has 0 aliphatic carbocycles. The van der Waals surface area contributed by atoms with E-state index in [4.69, 9.17) is 23.2 Å². The summed E-state index contributed by atoms with van der Waals surface area (Å²) in [5.74, 6) is -0.522. The molecule has 0 fully saturated rings. The van der Waals surface area contributed by atoms with E-state index in [1.165, 1.54) is 6.07 Å². The average molecular weight is 230 g/mol. The van der Waals surface area contributed by atoms with Crippen LogP contribution in [0.5, 0.6) is 0 Å². The van der Waals surface area contributed by atoms with E-state index < -0.39 is 5.82 Å². The Morgan fingerprint density at radius 3 is 2.71 bits per heavy atom. The summed E-state index contributed by atoms with van der Waals surface area (Å²) in [5, 5.41) is 1.07. The van der Waals surface area contributed by atoms with Crippen molar-refractivity contribution in [3.8, 4) is 0 Å². The van der Waals surface area contributed by atoms with Crippen LogP contribution in [0.4, 0.5) is 4.39 Å². The minimum absolute atomic E-state index is 0.0601. The van der Waals surface area contributed by atoms with Gasteiger partial charge in [0.1, 0.15) is 10.7 Å². The standard InChI is InChI=1S/C10H6Cl2FN/c1-5-4-6-2-3-7(11)8(13)9(6)14-10(5)12/h2-4H,1H3. The van der Waals surface area contributed by atoms with Crippen LogP contribution in [-0.2, 0) is 0 Å². The molecule has 0 aliphatic rings. The van der Waals surface area contributed by atoms with Crippen LogP contribution in [0.1, 0.15) is 5.56 Å². The fourth-order valence-corrected chi connectivity index (χ4v) is 1.56. The Bertz CT molecular complexity index is 511. The first-order chi connectivity index (χ1) is 6.59. The van der Waals surface area contributed by atoms with Crippen molar-refractivity contribution in [1.29, 1.82) is 0 Å². The van der Waals surface area contributed by atoms with Gasteiger partial charge in [0.2, 0.25) is 0 Å². The van der Waals surface area contributed by atoms with Crippen LogP contribution in [0.3, 0.4) is 0 Å². The second-order valence-electron chi connectivity index (χ2n) is 3.03. The number of fused-ring (bicyclic) bond motifs is 1. The van der Waals surface area contributed by atoms with Gasteiger partial charge in [0, 0.05) is 5.39 Å². The molecular formula is C10H6Cl2FN. The lowest BCUT2D eigenvalue weighted by Crippen LogP contribution is -1.88. The molecule has 2 rings (SSSR count). The number of hydrogen-bond acceptors (Lipinski definition) is 1. The van der Waals surface area contributed by atoms with Crippen LogP contribution < -0.4 is 0 Å². The van der Waals surface area contributed by atoms with Crippen molar-refractivity contribution in [2.75, 3.05) is 0 Å². The van der Waals surface area contributed by atoms with Crippen molar-refractivity contribution in [3.05, 3.63) is 39.8 Å². The molecule has 0 N–H and O–H groups in total. The van der Waals surface area contributed by atoms with E-state index in [1.807, 2.05) is 6.92 Å². The second-order valence-corrected chi connectivity index (χ2v) is 3.79. The van der Waals surface area contributed by atoms with Crippen molar-refractivity contribution in [3.63, 3.8) is 0 Å². The third-order valence-corrected chi connectivity index (χ3v) is 2.68. The molecule has 1 aromatic carbocycles. The smallest absolute Gasteiger partial charge is 0.168 e. The lowest BCUT2D eigenvalue weighted by molar-refractivity contribution is 0.637. The number of aryl methyl sites for hydroxylation is 1. The summed E-state index contributed by atoms with van der Waals surface area (Å²) in [6.45, 7) is 1.82. The van der Waals surface area contributed by atoms with Crippen molar-refractivity contribution in [1.82, 2.24) is 4.98 Å². The van der Waals surface area contributed by atoms with Crippen LogP contribution in [0.25, 0.3) is 10.9 Å². The fraction of sp³-hybridized carbons (Fsp3) is 0.100. The first kappa shape index (κ1) is 9.69. The van der Waals surface area contributed by atoms with Gasteiger partial charge in [0.05, 0.1) is 5.02 Å². The number of halogens is 3. The molecule has 0 bridgehead atoms. The molecule has 0 radical (unpaired) electrons. The summed E-state index contributed by atoms with van der Waals surface area (Å²) in [6, 6.07) is 5.01. The first-order valence-electron chi connectivity index (χ1n) is 4.00. The topological polar surface area (TPSA) is 12.9 Å². The molecule has 4 heteroatoms. The number of hydrogen-bond donors (Lipinski definition) is 0. The highest BCUT2D eigenvalue weighted by Gasteiger charge is 2.08. The summed E-state index contributed by atoms with van der Waals surface area (Å²) in [6.07, 6.45) is 0. The van der Waals surface area contributed by atoms with E-state index in [0.717, 1.165) is 5.56 Å². The Morgan fingerprint density at radius 1 is 1.29 bits per heavy atom. The Morgan fingerprint density at radius 2 is 2.00 bits per heavy atom. The molecule has 72 valence electrons. The number of rotatable bonds is 0. The highest BCUT2D eigenvalue weighted by molar-refractivity contribution is 6.32. The van der Waals surface area contributed by atoms with Crippen LogP contribution in [0.15, 0.2) is 18.2 Å². The molecular weight excluding hydrogens is 224 g/mol. The van der Waals surface area contributed by atoms with Crippen molar-refractivity contribution in [2.45, 2.75) is 6.92 Å². The van der Waals surface area contributed by atoms with Gasteiger partial charge in [-0.2, -0.15) is 0 Å². The number of aromatic nitrogens is 1. The normalized spacial score (nSPS) is 10.9. The Hall–Kier alpha value is -0.860. The van der Waals surface area contributed by atoms with Crippen LogP contribution in [0, 0.1) is 12.7 Å². The summed E-state index contributed by atoms with van der Waals surface area (Å²) >= 11 is 11.4. The minimum atomic E-state index is -0.522. The van der Waals surface area contributed by atoms with E-state index in [1.54, 1.807) is 12.1 Å². The molecule has 0 aliphatic heterocycles. The molecule has 0 atom stereocenters. The molecule has 0 saturated heterocycles. The van der Waals surface area contributed by atoms with Crippen molar-refractivity contribution >= 4 is 34.1 Å². The Kier molecular flexibility index (Phi) is 2.33. The van der Waals surface area contributed by atoms with Gasteiger partial charge in [-0.25, -0.2) is 9.37 Å². The highest BCUT2D eigenvalue weighted by atomic mass is 35.5. The predicted molar refractivity (Wildman–Crippen MR) is 56.5 cm³/mol. The lowest BCUT2D eigenvalue weighted by atomic mass is 10.2. The third kappa shape index (κ3) is 1.45. The minimum Gasteiger partial charge on any atom is -0.233 e. The largest absolute Gasteiger partial charge is 0.233 e. The molecule has 2 aromatic rings. The van der Waals surface area contributed by atoms with Gasteiger partial charge in [-0.3, -0.25) is 0 Å². The summed E-state index contributed by atoms with van der Waals surface area (Å²) in [7, 11) is 0. The maximum atomic E-state index is 13.5. The van der Waals surface area contributed by atoms with Crippen LogP contribution >= 0.6 is 23.2 Å². The quantitative estimate of drug-likeness (QED) is 0.623. The van der Waals surface area contributed by atoms with E-state index in [9.17, 15) is 4.39 Å². The van der Waals surface area contributed by atoms with E-state index in [2.05, 4.69) is 4.98 Å². The molecule has 14 heavy (non-hydrogen) atoms. The summed E-state index contributed by atoms with van der Waals surface area (Å²) in [5.41, 5.74) is 1.04. The van der Waals surface area contributed by atoms with Gasteiger partial charge in [-0.1, -0.05) is 29.3 Å². The maximum Gasteiger partial charge on any atom is 0.168 e. The van der Waals surface area contributed by atoms with E-state index in [0.29, 0.717) is 10.5 Å². The molecule has 0 spiro atoms. The summed E-state index contributed by atoms with van der Waals surface area (Å²) < 4.78 is 13.5. The van der Waals surface area contributed by atoms with E-state index in [-0.39, 0.29) is 10.5 Å². The van der Waals surface area contributed by atoms with Crippen LogP contribution in [0.2, 0.25) is 10.2 Å². The van der Waals surface area contributed by atoms with Gasteiger partial charge in [0.25, 0.3) is 0 Å². The van der Waals surface area contributed by atoms with Gasteiger partial charge in [-0.15, -0.1) is 0 Å². The van der Waals surface area contributed by atoms with Gasteiger partial charge in [-0.05, 0) is 24.6 Å². The van der Waals surface area contributed by atoms with E-state index >= 15 is 0 Å². The fourth-order valence-electron chi connectivity index (χ4n) is 1.26. The number of nitrogens with zero attached hydrogens (tertiary/aromatic N) is 1. The molecule has 0 unspecified atom stereocenters. The Labute approximate surface area is 90.5 Å². The number of benzene rings is 1. The molecule has 1 aromatic heterocycles. The predicted octanol–water partition coefficient (Wildman–Crippen LogP) is 3.99. The molecule has 0 amide bonds. The van der Waals surface area contributed by atoms with Crippen molar-refractivity contribution in [2.24, 2.45) is 0 Å². The molecule has 1 heterocycles. The zero-order valence-electron chi connectivity index (χ0n) is 7.31.